The molecule has 0 fully saturated rings. The maximum Gasteiger partial charge on any atom is 0.246 e. The Morgan fingerprint density at radius 3 is 2.69 bits per heavy atom. The highest BCUT2D eigenvalue weighted by atomic mass is 35.5. The summed E-state index contributed by atoms with van der Waals surface area (Å²) in [6, 6.07) is 12.6. The van der Waals surface area contributed by atoms with Gasteiger partial charge in [-0.1, -0.05) is 29.8 Å². The number of nitrogens with one attached hydrogen (secondary N) is 1. The Hall–Kier alpha value is -2.79. The molecule has 0 aromatic heterocycles. The first-order valence-electron chi connectivity index (χ1n) is 8.03. The summed E-state index contributed by atoms with van der Waals surface area (Å²) in [4.78, 5) is 25.7. The number of amides is 2. The Labute approximate surface area is 158 Å². The second-order valence-electron chi connectivity index (χ2n) is 5.76. The molecule has 2 aromatic rings. The van der Waals surface area contributed by atoms with E-state index < -0.39 is 0 Å². The summed E-state index contributed by atoms with van der Waals surface area (Å²) in [6.45, 7) is 1.76. The van der Waals surface area contributed by atoms with E-state index in [1.54, 1.807) is 38.4 Å². The number of ether oxygens (including phenoxy) is 1. The molecular formula is C20H21ClN2O3. The molecule has 0 aliphatic heterocycles. The van der Waals surface area contributed by atoms with Crippen molar-refractivity contribution < 1.29 is 14.3 Å². The number of carbonyl (C=O) groups is 2. The van der Waals surface area contributed by atoms with Gasteiger partial charge in [0.1, 0.15) is 5.75 Å². The van der Waals surface area contributed by atoms with Crippen LogP contribution in [0.15, 0.2) is 48.5 Å². The third kappa shape index (κ3) is 5.36. The number of nitrogens with zero attached hydrogens (tertiary/aromatic N) is 1. The third-order valence-corrected chi connectivity index (χ3v) is 4.22. The molecule has 0 radical (unpaired) electrons. The van der Waals surface area contributed by atoms with Gasteiger partial charge in [0.15, 0.2) is 0 Å². The molecule has 136 valence electrons. The van der Waals surface area contributed by atoms with Crippen molar-refractivity contribution in [3.63, 3.8) is 0 Å². The molecule has 0 atom stereocenters. The SMILES string of the molecule is COc1cccc(/C=C/C(=O)N(C)CC(=O)Nc2cccc(Cl)c2C)c1. The van der Waals surface area contributed by atoms with Gasteiger partial charge in [-0.2, -0.15) is 0 Å². The van der Waals surface area contributed by atoms with E-state index in [9.17, 15) is 9.59 Å². The molecule has 0 bridgehead atoms. The molecule has 0 heterocycles. The van der Waals surface area contributed by atoms with Crippen LogP contribution in [0.3, 0.4) is 0 Å². The monoisotopic (exact) mass is 372 g/mol. The first-order chi connectivity index (χ1) is 12.4. The van der Waals surface area contributed by atoms with Crippen LogP contribution >= 0.6 is 11.6 Å². The maximum absolute atomic E-state index is 12.2. The van der Waals surface area contributed by atoms with E-state index in [1.807, 2.05) is 31.2 Å². The van der Waals surface area contributed by atoms with Gasteiger partial charge in [-0.15, -0.1) is 0 Å². The van der Waals surface area contributed by atoms with Gasteiger partial charge in [0, 0.05) is 23.8 Å². The molecule has 0 spiro atoms. The van der Waals surface area contributed by atoms with Gasteiger partial charge in [0.25, 0.3) is 0 Å². The second kappa shape index (κ2) is 9.06. The summed E-state index contributed by atoms with van der Waals surface area (Å²) in [5.74, 6) is 0.149. The fraction of sp³-hybridized carbons (Fsp3) is 0.200. The predicted octanol–water partition coefficient (Wildman–Crippen LogP) is 3.77. The zero-order valence-electron chi connectivity index (χ0n) is 15.0. The van der Waals surface area contributed by atoms with E-state index in [0.717, 1.165) is 11.1 Å². The van der Waals surface area contributed by atoms with Gasteiger partial charge in [0.05, 0.1) is 13.7 Å². The highest BCUT2D eigenvalue weighted by molar-refractivity contribution is 6.31. The Kier molecular flexibility index (Phi) is 6.81. The van der Waals surface area contributed by atoms with E-state index in [0.29, 0.717) is 16.5 Å². The van der Waals surface area contributed by atoms with Crippen LogP contribution in [0.5, 0.6) is 5.75 Å². The fourth-order valence-corrected chi connectivity index (χ4v) is 2.44. The third-order valence-electron chi connectivity index (χ3n) is 3.81. The lowest BCUT2D eigenvalue weighted by molar-refractivity contribution is -0.129. The van der Waals surface area contributed by atoms with Crippen LogP contribution in [0.25, 0.3) is 6.08 Å². The Balaban J connectivity index is 1.94. The van der Waals surface area contributed by atoms with Crippen molar-refractivity contribution in [2.45, 2.75) is 6.92 Å². The van der Waals surface area contributed by atoms with Gasteiger partial charge in [-0.3, -0.25) is 9.59 Å². The topological polar surface area (TPSA) is 58.6 Å². The lowest BCUT2D eigenvalue weighted by Crippen LogP contribution is -2.34. The number of likely N-dealkylation sites (N-methyl/N-ethyl adjacent to an activating group) is 1. The number of benzene rings is 2. The molecule has 0 unspecified atom stereocenters. The fourth-order valence-electron chi connectivity index (χ4n) is 2.27. The molecular weight excluding hydrogens is 352 g/mol. The first kappa shape index (κ1) is 19.5. The molecule has 0 saturated carbocycles. The first-order valence-corrected chi connectivity index (χ1v) is 8.40. The molecule has 2 rings (SSSR count). The largest absolute Gasteiger partial charge is 0.497 e. The summed E-state index contributed by atoms with van der Waals surface area (Å²) in [5, 5.41) is 3.35. The van der Waals surface area contributed by atoms with Crippen molar-refractivity contribution in [2.24, 2.45) is 0 Å². The molecule has 0 saturated heterocycles. The summed E-state index contributed by atoms with van der Waals surface area (Å²) in [5.41, 5.74) is 2.26. The van der Waals surface area contributed by atoms with Crippen molar-refractivity contribution in [1.29, 1.82) is 0 Å². The highest BCUT2D eigenvalue weighted by Gasteiger charge is 2.12. The Morgan fingerprint density at radius 2 is 1.96 bits per heavy atom. The molecule has 1 N–H and O–H groups in total. The standard InChI is InChI=1S/C20H21ClN2O3/c1-14-17(21)8-5-9-18(14)22-19(24)13-23(2)20(25)11-10-15-6-4-7-16(12-15)26-3/h4-12H,13H2,1-3H3,(H,22,24)/b11-10+. The minimum Gasteiger partial charge on any atom is -0.497 e. The minimum absolute atomic E-state index is 0.0623. The van der Waals surface area contributed by atoms with E-state index in [1.165, 1.54) is 11.0 Å². The molecule has 5 nitrogen and oxygen atoms in total. The summed E-state index contributed by atoms with van der Waals surface area (Å²) < 4.78 is 5.14. The average molecular weight is 373 g/mol. The number of rotatable bonds is 6. The lowest BCUT2D eigenvalue weighted by atomic mass is 10.2. The summed E-state index contributed by atoms with van der Waals surface area (Å²) in [6.07, 6.45) is 3.10. The van der Waals surface area contributed by atoms with Crippen LogP contribution in [-0.4, -0.2) is 37.4 Å². The highest BCUT2D eigenvalue weighted by Crippen LogP contribution is 2.22. The second-order valence-corrected chi connectivity index (χ2v) is 6.17. The van der Waals surface area contributed by atoms with Crippen molar-refractivity contribution in [3.8, 4) is 5.75 Å². The molecule has 2 aromatic carbocycles. The number of hydrogen-bond acceptors (Lipinski definition) is 3. The molecule has 2 amide bonds. The van der Waals surface area contributed by atoms with Crippen molar-refractivity contribution in [2.75, 3.05) is 26.0 Å². The van der Waals surface area contributed by atoms with Crippen molar-refractivity contribution in [3.05, 3.63) is 64.7 Å². The predicted molar refractivity (Wildman–Crippen MR) is 104 cm³/mol. The van der Waals surface area contributed by atoms with Crippen LogP contribution in [-0.2, 0) is 9.59 Å². The van der Waals surface area contributed by atoms with Crippen molar-refractivity contribution in [1.82, 2.24) is 4.90 Å². The molecule has 0 aliphatic rings. The smallest absolute Gasteiger partial charge is 0.246 e. The van der Waals surface area contributed by atoms with Gasteiger partial charge in [-0.25, -0.2) is 0 Å². The summed E-state index contributed by atoms with van der Waals surface area (Å²) in [7, 11) is 3.16. The van der Waals surface area contributed by atoms with Gasteiger partial charge in [-0.05, 0) is 48.4 Å². The number of methoxy groups -OCH3 is 1. The molecule has 6 heteroatoms. The zero-order chi connectivity index (χ0) is 19.1. The van der Waals surface area contributed by atoms with Crippen molar-refractivity contribution >= 4 is 35.2 Å². The number of anilines is 1. The Bertz CT molecular complexity index is 834. The van der Waals surface area contributed by atoms with Crippen LogP contribution < -0.4 is 10.1 Å². The number of carbonyl (C=O) groups excluding carboxylic acids is 2. The molecule has 0 aliphatic carbocycles. The van der Waals surface area contributed by atoms with Gasteiger partial charge >= 0.3 is 0 Å². The van der Waals surface area contributed by atoms with Gasteiger partial charge in [0.2, 0.25) is 11.8 Å². The zero-order valence-corrected chi connectivity index (χ0v) is 15.7. The van der Waals surface area contributed by atoms with Crippen LogP contribution in [0.1, 0.15) is 11.1 Å². The van der Waals surface area contributed by atoms with E-state index in [-0.39, 0.29) is 18.4 Å². The van der Waals surface area contributed by atoms with E-state index >= 15 is 0 Å². The lowest BCUT2D eigenvalue weighted by Gasteiger charge is -2.16. The number of hydrogen-bond donors (Lipinski definition) is 1. The maximum atomic E-state index is 12.2. The average Bonchev–Trinajstić information content (AvgIpc) is 2.63. The van der Waals surface area contributed by atoms with E-state index in [4.69, 9.17) is 16.3 Å². The quantitative estimate of drug-likeness (QED) is 0.785. The Morgan fingerprint density at radius 1 is 1.23 bits per heavy atom. The van der Waals surface area contributed by atoms with Crippen LogP contribution in [0, 0.1) is 6.92 Å². The van der Waals surface area contributed by atoms with Gasteiger partial charge < -0.3 is 15.0 Å². The number of halogens is 1. The summed E-state index contributed by atoms with van der Waals surface area (Å²) >= 11 is 6.04. The van der Waals surface area contributed by atoms with Crippen LogP contribution in [0.4, 0.5) is 5.69 Å². The normalized spacial score (nSPS) is 10.6. The van der Waals surface area contributed by atoms with Crippen LogP contribution in [0.2, 0.25) is 5.02 Å². The van der Waals surface area contributed by atoms with E-state index in [2.05, 4.69) is 5.32 Å². The molecule has 26 heavy (non-hydrogen) atoms. The minimum atomic E-state index is -0.291.